The molecule has 1 aliphatic rings. The first-order valence-corrected chi connectivity index (χ1v) is 11.2. The van der Waals surface area contributed by atoms with Gasteiger partial charge in [0.2, 0.25) is 5.91 Å². The molecule has 0 saturated heterocycles. The molecule has 1 unspecified atom stereocenters. The number of rotatable bonds is 8. The van der Waals surface area contributed by atoms with Crippen LogP contribution >= 0.6 is 0 Å². The van der Waals surface area contributed by atoms with Crippen LogP contribution in [0.5, 0.6) is 0 Å². The summed E-state index contributed by atoms with van der Waals surface area (Å²) in [5, 5.41) is 9.03. The maximum absolute atomic E-state index is 13.0. The van der Waals surface area contributed by atoms with E-state index in [1.165, 1.54) is 12.5 Å². The van der Waals surface area contributed by atoms with Gasteiger partial charge in [0, 0.05) is 16.7 Å². The first kappa shape index (κ1) is 25.4. The lowest BCUT2D eigenvalue weighted by Crippen LogP contribution is -2.46. The van der Waals surface area contributed by atoms with E-state index in [-0.39, 0.29) is 28.7 Å². The minimum absolute atomic E-state index is 0.0810. The number of carbonyl (C=O) groups excluding carboxylic acids is 4. The number of primary amides is 1. The van der Waals surface area contributed by atoms with E-state index in [0.29, 0.717) is 17.8 Å². The Morgan fingerprint density at radius 2 is 1.69 bits per heavy atom. The first-order valence-electron chi connectivity index (χ1n) is 11.2. The van der Waals surface area contributed by atoms with E-state index in [2.05, 4.69) is 34.9 Å². The van der Waals surface area contributed by atoms with Crippen molar-refractivity contribution in [2.75, 3.05) is 10.7 Å². The van der Waals surface area contributed by atoms with Crippen LogP contribution in [0.2, 0.25) is 0 Å². The first-order chi connectivity index (χ1) is 16.5. The SMILES string of the molecule is CC1=C(C(N)=O)C(=O)NC(=O)/C1=N\Nc1cccc(NC(=O)C(C)(C)CC(C)c2ccccc2)c1. The molecule has 0 saturated carbocycles. The fraction of sp³-hybridized carbons (Fsp3) is 0.269. The van der Waals surface area contributed by atoms with Gasteiger partial charge in [-0.05, 0) is 43.0 Å². The third-order valence-corrected chi connectivity index (χ3v) is 5.86. The minimum atomic E-state index is -0.950. The van der Waals surface area contributed by atoms with Crippen LogP contribution < -0.4 is 21.8 Å². The van der Waals surface area contributed by atoms with Crippen molar-refractivity contribution in [3.8, 4) is 0 Å². The Bertz CT molecular complexity index is 1230. The second kappa shape index (κ2) is 10.3. The van der Waals surface area contributed by atoms with E-state index in [9.17, 15) is 19.2 Å². The van der Waals surface area contributed by atoms with Crippen molar-refractivity contribution < 1.29 is 19.2 Å². The number of imide groups is 1. The fourth-order valence-electron chi connectivity index (χ4n) is 3.96. The van der Waals surface area contributed by atoms with Crippen LogP contribution in [-0.4, -0.2) is 29.3 Å². The van der Waals surface area contributed by atoms with E-state index in [1.807, 2.05) is 37.4 Å². The molecule has 0 aromatic heterocycles. The molecule has 0 radical (unpaired) electrons. The van der Waals surface area contributed by atoms with Crippen LogP contribution in [0.4, 0.5) is 11.4 Å². The molecular weight excluding hydrogens is 446 g/mol. The maximum Gasteiger partial charge on any atom is 0.278 e. The molecular formula is C26H29N5O4. The van der Waals surface area contributed by atoms with Gasteiger partial charge in [0.05, 0.1) is 5.69 Å². The number of nitrogens with one attached hydrogen (secondary N) is 3. The van der Waals surface area contributed by atoms with E-state index >= 15 is 0 Å². The van der Waals surface area contributed by atoms with Crippen molar-refractivity contribution in [1.82, 2.24) is 5.32 Å². The molecule has 9 nitrogen and oxygen atoms in total. The monoisotopic (exact) mass is 475 g/mol. The lowest BCUT2D eigenvalue weighted by molar-refractivity contribution is -0.127. The van der Waals surface area contributed by atoms with Gasteiger partial charge >= 0.3 is 0 Å². The number of carbonyl (C=O) groups is 4. The summed E-state index contributed by atoms with van der Waals surface area (Å²) in [6, 6.07) is 16.9. The molecule has 0 fully saturated rings. The molecule has 3 rings (SSSR count). The highest BCUT2D eigenvalue weighted by Gasteiger charge is 2.32. The molecule has 5 N–H and O–H groups in total. The van der Waals surface area contributed by atoms with Crippen LogP contribution in [0, 0.1) is 5.41 Å². The van der Waals surface area contributed by atoms with Gasteiger partial charge in [-0.15, -0.1) is 0 Å². The Hall–Kier alpha value is -4.27. The van der Waals surface area contributed by atoms with Crippen LogP contribution in [0.15, 0.2) is 70.8 Å². The molecule has 2 aromatic rings. The fourth-order valence-corrected chi connectivity index (χ4v) is 3.96. The van der Waals surface area contributed by atoms with Gasteiger partial charge in [0.25, 0.3) is 17.7 Å². The highest BCUT2D eigenvalue weighted by Crippen LogP contribution is 2.32. The Morgan fingerprint density at radius 3 is 2.34 bits per heavy atom. The van der Waals surface area contributed by atoms with Crippen LogP contribution in [0.25, 0.3) is 0 Å². The molecule has 1 aliphatic heterocycles. The summed E-state index contributed by atoms with van der Waals surface area (Å²) in [4.78, 5) is 48.6. The Morgan fingerprint density at radius 1 is 1.03 bits per heavy atom. The smallest absolute Gasteiger partial charge is 0.278 e. The summed E-state index contributed by atoms with van der Waals surface area (Å²) < 4.78 is 0. The molecule has 1 heterocycles. The molecule has 1 atom stereocenters. The lowest BCUT2D eigenvalue weighted by Gasteiger charge is -2.27. The summed E-state index contributed by atoms with van der Waals surface area (Å²) in [5.74, 6) is -2.47. The Balaban J connectivity index is 1.72. The molecule has 9 heteroatoms. The molecule has 0 aliphatic carbocycles. The minimum Gasteiger partial charge on any atom is -0.365 e. The zero-order chi connectivity index (χ0) is 25.8. The molecule has 4 amide bonds. The lowest BCUT2D eigenvalue weighted by atomic mass is 9.80. The highest BCUT2D eigenvalue weighted by atomic mass is 16.2. The van der Waals surface area contributed by atoms with Crippen molar-refractivity contribution in [3.05, 3.63) is 71.3 Å². The molecule has 2 aromatic carbocycles. The zero-order valence-corrected chi connectivity index (χ0v) is 20.1. The Kier molecular flexibility index (Phi) is 7.49. The van der Waals surface area contributed by atoms with Gasteiger partial charge < -0.3 is 11.1 Å². The summed E-state index contributed by atoms with van der Waals surface area (Å²) in [6.45, 7) is 7.34. The summed E-state index contributed by atoms with van der Waals surface area (Å²) in [7, 11) is 0. The summed E-state index contributed by atoms with van der Waals surface area (Å²) >= 11 is 0. The number of hydrogen-bond acceptors (Lipinski definition) is 6. The van der Waals surface area contributed by atoms with Crippen molar-refractivity contribution >= 4 is 40.7 Å². The van der Waals surface area contributed by atoms with Gasteiger partial charge in [-0.1, -0.05) is 57.2 Å². The molecule has 35 heavy (non-hydrogen) atoms. The topological polar surface area (TPSA) is 143 Å². The predicted molar refractivity (Wildman–Crippen MR) is 134 cm³/mol. The van der Waals surface area contributed by atoms with Gasteiger partial charge in [0.15, 0.2) is 5.71 Å². The largest absolute Gasteiger partial charge is 0.365 e. The van der Waals surface area contributed by atoms with Crippen LogP contribution in [0.1, 0.15) is 45.6 Å². The van der Waals surface area contributed by atoms with Crippen LogP contribution in [0.3, 0.4) is 0 Å². The Labute approximate surface area is 203 Å². The maximum atomic E-state index is 13.0. The highest BCUT2D eigenvalue weighted by molar-refractivity contribution is 6.52. The van der Waals surface area contributed by atoms with E-state index in [4.69, 9.17) is 5.73 Å². The molecule has 0 spiro atoms. The van der Waals surface area contributed by atoms with Crippen molar-refractivity contribution in [2.24, 2.45) is 16.3 Å². The van der Waals surface area contributed by atoms with E-state index in [0.717, 1.165) is 0 Å². The van der Waals surface area contributed by atoms with Crippen LogP contribution in [-0.2, 0) is 19.2 Å². The number of nitrogens with two attached hydrogens (primary N) is 1. The third-order valence-electron chi connectivity index (χ3n) is 5.86. The van der Waals surface area contributed by atoms with Crippen molar-refractivity contribution in [2.45, 2.75) is 40.0 Å². The quantitative estimate of drug-likeness (QED) is 0.264. The number of anilines is 2. The average Bonchev–Trinajstić information content (AvgIpc) is 2.79. The third kappa shape index (κ3) is 6.00. The second-order valence-electron chi connectivity index (χ2n) is 9.15. The van der Waals surface area contributed by atoms with Gasteiger partial charge in [0.1, 0.15) is 5.57 Å². The number of nitrogens with zero attached hydrogens (tertiary/aromatic N) is 1. The molecule has 182 valence electrons. The van der Waals surface area contributed by atoms with E-state index in [1.54, 1.807) is 24.3 Å². The van der Waals surface area contributed by atoms with Gasteiger partial charge in [-0.2, -0.15) is 5.10 Å². The number of hydrogen-bond donors (Lipinski definition) is 4. The summed E-state index contributed by atoms with van der Waals surface area (Å²) in [5.41, 5.74) is 9.19. The second-order valence-corrected chi connectivity index (χ2v) is 9.15. The van der Waals surface area contributed by atoms with Gasteiger partial charge in [-0.3, -0.25) is 29.9 Å². The van der Waals surface area contributed by atoms with Crippen molar-refractivity contribution in [3.63, 3.8) is 0 Å². The number of benzene rings is 2. The number of hydrazone groups is 1. The summed E-state index contributed by atoms with van der Waals surface area (Å²) in [6.07, 6.45) is 0.663. The normalized spacial score (nSPS) is 16.1. The average molecular weight is 476 g/mol. The standard InChI is InChI=1S/C26H29N5O4/c1-15(17-9-6-5-7-10-17)14-26(3,4)25(35)28-18-11-8-12-19(13-18)30-31-21-16(2)20(22(27)32)23(33)29-24(21)34/h5-13,15,30H,14H2,1-4H3,(H2,27,32)(H,28,35)(H,29,33,34)/b31-21-. The number of amides is 4. The molecule has 0 bridgehead atoms. The predicted octanol–water partition coefficient (Wildman–Crippen LogP) is 3.07. The zero-order valence-electron chi connectivity index (χ0n) is 20.1. The van der Waals surface area contributed by atoms with E-state index < -0.39 is 23.1 Å². The van der Waals surface area contributed by atoms with Gasteiger partial charge in [-0.25, -0.2) is 0 Å². The van der Waals surface area contributed by atoms with Crippen molar-refractivity contribution in [1.29, 1.82) is 0 Å².